The first-order valence-corrected chi connectivity index (χ1v) is 17.8. The Balaban J connectivity index is 0.00000144. The van der Waals surface area contributed by atoms with Gasteiger partial charge in [0.1, 0.15) is 0 Å². The van der Waals surface area contributed by atoms with Gasteiger partial charge in [0.25, 0.3) is 0 Å². The van der Waals surface area contributed by atoms with Crippen LogP contribution in [0.15, 0.2) is 0 Å². The van der Waals surface area contributed by atoms with Crippen molar-refractivity contribution >= 4 is 17.4 Å². The van der Waals surface area contributed by atoms with E-state index in [0.717, 1.165) is 11.8 Å². The zero-order valence-electron chi connectivity index (χ0n) is 25.4. The second-order valence-corrected chi connectivity index (χ2v) is 15.4. The summed E-state index contributed by atoms with van der Waals surface area (Å²) in [5.74, 6) is 5.57. The van der Waals surface area contributed by atoms with Gasteiger partial charge in [-0.3, -0.25) is 10.6 Å². The molecule has 232 valence electrons. The molecule has 5 aliphatic heterocycles. The number of fused-ring (bicyclic) bond motifs is 20. The van der Waals surface area contributed by atoms with Crippen LogP contribution in [0.1, 0.15) is 103 Å². The number of rotatable bonds is 0. The van der Waals surface area contributed by atoms with E-state index in [2.05, 4.69) is 31.9 Å². The van der Waals surface area contributed by atoms with Crippen LogP contribution in [0.5, 0.6) is 0 Å². The Labute approximate surface area is 270 Å². The van der Waals surface area contributed by atoms with Crippen LogP contribution in [-0.2, 0) is 0 Å². The van der Waals surface area contributed by atoms with E-state index in [4.69, 9.17) is 10.6 Å². The molecule has 8 nitrogen and oxygen atoms in total. The third-order valence-corrected chi connectivity index (χ3v) is 13.6. The Hall–Kier alpha value is 0.502. The quantitative estimate of drug-likeness (QED) is 0.227. The fraction of sp³-hybridized carbons (Fsp3) is 1.00. The number of hydrogen-bond acceptors (Lipinski definition) is 6. The van der Waals surface area contributed by atoms with Gasteiger partial charge in [0.2, 0.25) is 0 Å². The molecule has 9 rings (SSSR count). The summed E-state index contributed by atoms with van der Waals surface area (Å²) in [6.07, 6.45) is 24.4. The van der Waals surface area contributed by atoms with Gasteiger partial charge in [-0.15, -0.1) is 0 Å². The van der Waals surface area contributed by atoms with Crippen molar-refractivity contribution in [1.82, 2.24) is 31.9 Å². The summed E-state index contributed by atoms with van der Waals surface area (Å²) >= 11 is 0. The molecule has 42 heavy (non-hydrogen) atoms. The summed E-state index contributed by atoms with van der Waals surface area (Å²) in [5.41, 5.74) is 0. The van der Waals surface area contributed by atoms with Gasteiger partial charge in [0.05, 0.1) is 24.7 Å². The molecule has 4 saturated carbocycles. The van der Waals surface area contributed by atoms with Crippen molar-refractivity contribution in [2.24, 2.45) is 47.3 Å². The van der Waals surface area contributed by atoms with Gasteiger partial charge in [0.15, 0.2) is 0 Å². The standard InChI is InChI=1S/C32H54N8.Al.ClH/c1-2-10-18-17(9-1)25-33-26(18)38-28-21-13-5-6-14-22(21)30(35-28)40-32-24-16-8-7-15-23(24)31(36-32)39-29-20-12-4-3-11-19(20)27(34-29)37-25;;/h17-35,37,39-40H,1-16H2;;1H/q-2;+3;/p-1. The van der Waals surface area contributed by atoms with E-state index in [1.54, 1.807) is 0 Å². The van der Waals surface area contributed by atoms with Gasteiger partial charge in [0, 0.05) is 0 Å². The SMILES string of the molecule is C1CCC2C3[N-]C(NC4NC([N-]C5NC(NC6NC(N3)C3CCCCC63)C3CCCCC53)C3CCCCC43)C2C1.[Al+3].[Cl-]. The predicted octanol–water partition coefficient (Wildman–Crippen LogP) is 0.797. The minimum Gasteiger partial charge on any atom is -1.00 e. The normalized spacial score (nSPS) is 54.9. The Morgan fingerprint density at radius 1 is 0.310 bits per heavy atom. The van der Waals surface area contributed by atoms with Crippen LogP contribution in [-0.4, -0.2) is 66.7 Å². The minimum absolute atomic E-state index is 0. The molecule has 0 aromatic heterocycles. The Morgan fingerprint density at radius 2 is 0.524 bits per heavy atom. The molecule has 5 saturated heterocycles. The summed E-state index contributed by atoms with van der Waals surface area (Å²) < 4.78 is 0. The predicted molar refractivity (Wildman–Crippen MR) is 163 cm³/mol. The average Bonchev–Trinajstić information content (AvgIpc) is 3.73. The van der Waals surface area contributed by atoms with Gasteiger partial charge >= 0.3 is 17.4 Å². The molecule has 0 spiro atoms. The second-order valence-electron chi connectivity index (χ2n) is 15.4. The molecule has 0 amide bonds. The van der Waals surface area contributed by atoms with E-state index < -0.39 is 0 Å². The fourth-order valence-electron chi connectivity index (χ4n) is 11.7. The summed E-state index contributed by atoms with van der Waals surface area (Å²) in [5, 5.41) is 36.3. The van der Waals surface area contributed by atoms with E-state index in [9.17, 15) is 0 Å². The summed E-state index contributed by atoms with van der Waals surface area (Å²) in [6, 6.07) is 0. The molecule has 16 unspecified atom stereocenters. The first-order chi connectivity index (χ1) is 19.8. The monoisotopic (exact) mass is 612 g/mol. The van der Waals surface area contributed by atoms with Crippen LogP contribution in [0.2, 0.25) is 0 Å². The van der Waals surface area contributed by atoms with Crippen LogP contribution in [0.25, 0.3) is 10.6 Å². The maximum absolute atomic E-state index is 5.71. The molecule has 0 radical (unpaired) electrons. The van der Waals surface area contributed by atoms with Crippen molar-refractivity contribution in [3.05, 3.63) is 10.6 Å². The first kappa shape index (κ1) is 31.1. The van der Waals surface area contributed by atoms with Crippen molar-refractivity contribution in [3.63, 3.8) is 0 Å². The van der Waals surface area contributed by atoms with Crippen molar-refractivity contribution in [3.8, 4) is 0 Å². The summed E-state index contributed by atoms with van der Waals surface area (Å²) in [6.45, 7) is 0. The molecule has 16 atom stereocenters. The average molecular weight is 613 g/mol. The van der Waals surface area contributed by atoms with E-state index in [1.807, 2.05) is 0 Å². The van der Waals surface area contributed by atoms with Crippen molar-refractivity contribution in [2.45, 2.75) is 152 Å². The number of hydrogen-bond donors (Lipinski definition) is 6. The van der Waals surface area contributed by atoms with Crippen LogP contribution in [0.3, 0.4) is 0 Å². The Kier molecular flexibility index (Phi) is 9.60. The summed E-state index contributed by atoms with van der Waals surface area (Å²) in [7, 11) is 0. The van der Waals surface area contributed by atoms with Crippen molar-refractivity contribution in [2.75, 3.05) is 0 Å². The van der Waals surface area contributed by atoms with Crippen LogP contribution in [0, 0.1) is 47.3 Å². The van der Waals surface area contributed by atoms with Gasteiger partial charge in [-0.2, -0.15) is 0 Å². The largest absolute Gasteiger partial charge is 3.00 e. The van der Waals surface area contributed by atoms with Gasteiger partial charge in [-0.1, -0.05) is 102 Å². The van der Waals surface area contributed by atoms with E-state index >= 15 is 0 Å². The van der Waals surface area contributed by atoms with Crippen molar-refractivity contribution in [1.29, 1.82) is 0 Å². The topological polar surface area (TPSA) is 100 Å². The Bertz CT molecular complexity index is 723. The van der Waals surface area contributed by atoms with Gasteiger partial charge < -0.3 is 44.3 Å². The molecule has 0 aromatic rings. The number of nitrogens with one attached hydrogen (secondary N) is 6. The van der Waals surface area contributed by atoms with E-state index in [1.165, 1.54) is 103 Å². The molecule has 10 heteroatoms. The molecule has 9 aliphatic rings. The number of halogens is 1. The Morgan fingerprint density at radius 3 is 0.857 bits per heavy atom. The maximum Gasteiger partial charge on any atom is 3.00 e. The second kappa shape index (κ2) is 13.0. The molecule has 5 heterocycles. The summed E-state index contributed by atoms with van der Waals surface area (Å²) in [4.78, 5) is 0. The molecular formula is C32H54AlClN8. The van der Waals surface area contributed by atoms with Gasteiger partial charge in [-0.05, 0) is 73.0 Å². The first-order valence-electron chi connectivity index (χ1n) is 17.8. The molecule has 6 N–H and O–H groups in total. The molecule has 4 aliphatic carbocycles. The molecule has 8 bridgehead atoms. The zero-order chi connectivity index (χ0) is 26.2. The van der Waals surface area contributed by atoms with E-state index in [0.29, 0.717) is 60.2 Å². The third-order valence-electron chi connectivity index (χ3n) is 13.6. The van der Waals surface area contributed by atoms with E-state index in [-0.39, 0.29) is 54.4 Å². The van der Waals surface area contributed by atoms with Crippen LogP contribution < -0.4 is 44.3 Å². The molecule has 0 aromatic carbocycles. The maximum atomic E-state index is 5.71. The van der Waals surface area contributed by atoms with Crippen molar-refractivity contribution < 1.29 is 12.4 Å². The minimum atomic E-state index is 0. The van der Waals surface area contributed by atoms with Crippen LogP contribution >= 0.6 is 0 Å². The van der Waals surface area contributed by atoms with Crippen LogP contribution in [0.4, 0.5) is 0 Å². The number of nitrogens with zero attached hydrogens (tertiary/aromatic N) is 2. The third kappa shape index (κ3) is 5.37. The zero-order valence-corrected chi connectivity index (χ0v) is 27.3. The molecular weight excluding hydrogens is 559 g/mol. The fourth-order valence-corrected chi connectivity index (χ4v) is 11.7. The molecule has 9 fully saturated rings. The van der Waals surface area contributed by atoms with Gasteiger partial charge in [-0.25, -0.2) is 0 Å². The smallest absolute Gasteiger partial charge is 1.00 e.